The lowest BCUT2D eigenvalue weighted by Gasteiger charge is -2.44. The molecule has 0 radical (unpaired) electrons. The quantitative estimate of drug-likeness (QED) is 0.500. The minimum absolute atomic E-state index is 0.494. The minimum Gasteiger partial charge on any atom is -0.437 e. The first-order valence-electron chi connectivity index (χ1n) is 10.6. The van der Waals surface area contributed by atoms with Crippen LogP contribution in [0.3, 0.4) is 0 Å². The van der Waals surface area contributed by atoms with Crippen LogP contribution in [0, 0.1) is 0 Å². The van der Waals surface area contributed by atoms with Gasteiger partial charge in [0.1, 0.15) is 0 Å². The summed E-state index contributed by atoms with van der Waals surface area (Å²) in [5.41, 5.74) is 0.375. The first-order valence-corrected chi connectivity index (χ1v) is 12.1. The van der Waals surface area contributed by atoms with E-state index in [-0.39, 0.29) is 0 Å². The highest BCUT2D eigenvalue weighted by molar-refractivity contribution is 6.35. The lowest BCUT2D eigenvalue weighted by Crippen LogP contribution is -2.59. The summed E-state index contributed by atoms with van der Waals surface area (Å²) in [5.74, 6) is 0. The largest absolute Gasteiger partial charge is 0.437 e. The fourth-order valence-electron chi connectivity index (χ4n) is 4.53. The molecule has 1 unspecified atom stereocenters. The van der Waals surface area contributed by atoms with E-state index in [1.54, 1.807) is 26.1 Å². The molecular formula is C24H24Cl4N2O3. The van der Waals surface area contributed by atoms with Gasteiger partial charge in [-0.2, -0.15) is 0 Å². The highest BCUT2D eigenvalue weighted by Gasteiger charge is 2.61. The Morgan fingerprint density at radius 3 is 1.82 bits per heavy atom. The van der Waals surface area contributed by atoms with Gasteiger partial charge in [-0.3, -0.25) is 9.80 Å². The number of piperidine rings is 1. The second-order valence-electron chi connectivity index (χ2n) is 8.68. The summed E-state index contributed by atoms with van der Waals surface area (Å²) in [6.45, 7) is 3.59. The summed E-state index contributed by atoms with van der Waals surface area (Å²) in [4.78, 5) is 15.6. The van der Waals surface area contributed by atoms with Crippen LogP contribution in [0.2, 0.25) is 20.1 Å². The monoisotopic (exact) mass is 528 g/mol. The van der Waals surface area contributed by atoms with Crippen LogP contribution in [0.5, 0.6) is 0 Å². The first kappa shape index (κ1) is 24.6. The number of hydrogen-bond acceptors (Lipinski definition) is 4. The van der Waals surface area contributed by atoms with Crippen LogP contribution in [0.1, 0.15) is 30.9 Å². The smallest absolute Gasteiger partial charge is 0.412 e. The van der Waals surface area contributed by atoms with Gasteiger partial charge in [-0.05, 0) is 60.0 Å². The molecule has 4 rings (SSSR count). The molecular weight excluding hydrogens is 506 g/mol. The Balaban J connectivity index is 1.59. The van der Waals surface area contributed by atoms with Gasteiger partial charge in [0, 0.05) is 59.6 Å². The predicted octanol–water partition coefficient (Wildman–Crippen LogP) is 6.36. The number of rotatable bonds is 4. The third-order valence-electron chi connectivity index (χ3n) is 6.64. The number of aliphatic hydroxyl groups is 1. The van der Waals surface area contributed by atoms with Gasteiger partial charge in [-0.15, -0.1) is 0 Å². The van der Waals surface area contributed by atoms with E-state index in [4.69, 9.17) is 51.1 Å². The SMILES string of the molecule is CN1C(=O)OC2(CCN(CC=C(c3cc(Cl)cc(Cl)c3)c3cc(Cl)cc(Cl)c3)CC2)C1(C)O. The zero-order valence-corrected chi connectivity index (χ0v) is 21.3. The zero-order chi connectivity index (χ0) is 24.0. The second kappa shape index (κ2) is 9.29. The third-order valence-corrected chi connectivity index (χ3v) is 7.51. The third kappa shape index (κ3) is 4.86. The molecule has 2 heterocycles. The van der Waals surface area contributed by atoms with Gasteiger partial charge in [0.25, 0.3) is 0 Å². The molecule has 1 amide bonds. The summed E-state index contributed by atoms with van der Waals surface area (Å²) < 4.78 is 5.62. The van der Waals surface area contributed by atoms with Crippen LogP contribution in [0.25, 0.3) is 5.57 Å². The fraction of sp³-hybridized carbons (Fsp3) is 0.375. The molecule has 0 bridgehead atoms. The molecule has 1 spiro atoms. The molecule has 2 aliphatic rings. The highest BCUT2D eigenvalue weighted by atomic mass is 35.5. The lowest BCUT2D eigenvalue weighted by molar-refractivity contribution is -0.160. The van der Waals surface area contributed by atoms with E-state index in [1.165, 1.54) is 4.90 Å². The maximum absolute atomic E-state index is 12.1. The predicted molar refractivity (Wildman–Crippen MR) is 133 cm³/mol. The fourth-order valence-corrected chi connectivity index (χ4v) is 5.58. The Morgan fingerprint density at radius 2 is 1.42 bits per heavy atom. The minimum atomic E-state index is -1.34. The van der Waals surface area contributed by atoms with Crippen molar-refractivity contribution in [3.05, 3.63) is 73.7 Å². The van der Waals surface area contributed by atoms with Crippen LogP contribution in [-0.2, 0) is 4.74 Å². The van der Waals surface area contributed by atoms with Crippen molar-refractivity contribution in [2.45, 2.75) is 31.1 Å². The molecule has 5 nitrogen and oxygen atoms in total. The molecule has 1 N–H and O–H groups in total. The molecule has 176 valence electrons. The lowest BCUT2D eigenvalue weighted by atomic mass is 9.82. The summed E-state index contributed by atoms with van der Waals surface area (Å²) in [7, 11) is 1.56. The summed E-state index contributed by atoms with van der Waals surface area (Å²) in [6.07, 6.45) is 2.66. The maximum Gasteiger partial charge on any atom is 0.412 e. The van der Waals surface area contributed by atoms with Crippen molar-refractivity contribution in [1.29, 1.82) is 0 Å². The summed E-state index contributed by atoms with van der Waals surface area (Å²) in [6, 6.07) is 10.8. The Kier molecular flexibility index (Phi) is 6.94. The molecule has 2 aliphatic heterocycles. The molecule has 33 heavy (non-hydrogen) atoms. The van der Waals surface area contributed by atoms with E-state index < -0.39 is 17.4 Å². The van der Waals surface area contributed by atoms with Crippen molar-refractivity contribution < 1.29 is 14.6 Å². The van der Waals surface area contributed by atoms with Gasteiger partial charge >= 0.3 is 6.09 Å². The van der Waals surface area contributed by atoms with Gasteiger partial charge in [0.05, 0.1) is 0 Å². The van der Waals surface area contributed by atoms with Crippen LogP contribution in [0.4, 0.5) is 4.79 Å². The molecule has 2 aromatic rings. The first-order chi connectivity index (χ1) is 15.5. The van der Waals surface area contributed by atoms with E-state index in [0.29, 0.717) is 52.6 Å². The molecule has 9 heteroatoms. The number of carbonyl (C=O) groups excluding carboxylic acids is 1. The average molecular weight is 530 g/mol. The van der Waals surface area contributed by atoms with Crippen LogP contribution in [0.15, 0.2) is 42.5 Å². The van der Waals surface area contributed by atoms with E-state index >= 15 is 0 Å². The van der Waals surface area contributed by atoms with Crippen molar-refractivity contribution in [3.63, 3.8) is 0 Å². The van der Waals surface area contributed by atoms with Crippen molar-refractivity contribution in [2.24, 2.45) is 0 Å². The Hall–Kier alpha value is -1.47. The number of amides is 1. The molecule has 2 aromatic carbocycles. The standard InChI is InChI=1S/C24H24Cl4N2O3/c1-23(32)24(33-22(31)29(23)2)4-7-30(8-5-24)6-3-21(15-9-17(25)13-18(26)10-15)16-11-19(27)14-20(28)12-16/h3,9-14,32H,4-8H2,1-2H3. The van der Waals surface area contributed by atoms with E-state index in [0.717, 1.165) is 16.7 Å². The van der Waals surface area contributed by atoms with E-state index in [9.17, 15) is 9.90 Å². The van der Waals surface area contributed by atoms with Gasteiger partial charge in [-0.1, -0.05) is 52.5 Å². The number of likely N-dealkylation sites (N-methyl/N-ethyl adjacent to an activating group) is 1. The average Bonchev–Trinajstić information content (AvgIpc) is 2.88. The van der Waals surface area contributed by atoms with Crippen molar-refractivity contribution in [2.75, 3.05) is 26.7 Å². The number of carbonyl (C=O) groups is 1. The molecule has 0 aliphatic carbocycles. The molecule has 2 fully saturated rings. The Morgan fingerprint density at radius 1 is 0.970 bits per heavy atom. The maximum atomic E-state index is 12.1. The highest BCUT2D eigenvalue weighted by Crippen LogP contribution is 2.43. The van der Waals surface area contributed by atoms with Gasteiger partial charge < -0.3 is 9.84 Å². The number of hydrogen-bond donors (Lipinski definition) is 1. The number of halogens is 4. The van der Waals surface area contributed by atoms with Crippen LogP contribution >= 0.6 is 46.4 Å². The molecule has 2 saturated heterocycles. The topological polar surface area (TPSA) is 53.0 Å². The molecule has 0 aromatic heterocycles. The van der Waals surface area contributed by atoms with Gasteiger partial charge in [-0.25, -0.2) is 4.79 Å². The van der Waals surface area contributed by atoms with Crippen molar-refractivity contribution in [3.8, 4) is 0 Å². The van der Waals surface area contributed by atoms with Crippen LogP contribution in [-0.4, -0.2) is 59.0 Å². The summed E-state index contributed by atoms with van der Waals surface area (Å²) in [5, 5.41) is 13.0. The Labute approximate surface area is 213 Å². The zero-order valence-electron chi connectivity index (χ0n) is 18.2. The Bertz CT molecular complexity index is 1020. The second-order valence-corrected chi connectivity index (χ2v) is 10.4. The van der Waals surface area contributed by atoms with E-state index in [1.807, 2.05) is 24.3 Å². The number of ether oxygens (including phenoxy) is 1. The molecule has 0 saturated carbocycles. The van der Waals surface area contributed by atoms with E-state index in [2.05, 4.69) is 11.0 Å². The molecule has 1 atom stereocenters. The normalized spacial score (nSPS) is 22.5. The van der Waals surface area contributed by atoms with Gasteiger partial charge in [0.2, 0.25) is 0 Å². The van der Waals surface area contributed by atoms with Crippen molar-refractivity contribution in [1.82, 2.24) is 9.80 Å². The number of nitrogens with zero attached hydrogens (tertiary/aromatic N) is 2. The van der Waals surface area contributed by atoms with Crippen molar-refractivity contribution >= 4 is 58.1 Å². The summed E-state index contributed by atoms with van der Waals surface area (Å²) >= 11 is 25.1. The van der Waals surface area contributed by atoms with Gasteiger partial charge in [0.15, 0.2) is 11.3 Å². The number of likely N-dealkylation sites (tertiary alicyclic amines) is 1. The van der Waals surface area contributed by atoms with Crippen LogP contribution < -0.4 is 0 Å². The number of benzene rings is 2.